The van der Waals surface area contributed by atoms with Gasteiger partial charge < -0.3 is 18.9 Å². The monoisotopic (exact) mass is 232 g/mol. The van der Waals surface area contributed by atoms with Crippen LogP contribution in [0.4, 0.5) is 4.79 Å². The van der Waals surface area contributed by atoms with E-state index in [2.05, 4.69) is 14.2 Å². The van der Waals surface area contributed by atoms with E-state index in [-0.39, 0.29) is 19.4 Å². The Hall–Kier alpha value is -1.79. The summed E-state index contributed by atoms with van der Waals surface area (Å²) in [7, 11) is 2.40. The third kappa shape index (κ3) is 2.85. The highest BCUT2D eigenvalue weighted by Gasteiger charge is 2.46. The largest absolute Gasteiger partial charge is 0.509 e. The first kappa shape index (κ1) is 12.3. The number of hydrogen-bond acceptors (Lipinski definition) is 7. The van der Waals surface area contributed by atoms with Crippen molar-refractivity contribution in [2.45, 2.75) is 18.4 Å². The molecule has 1 saturated heterocycles. The number of carbonyl (C=O) groups excluding carboxylic acids is 3. The van der Waals surface area contributed by atoms with E-state index in [9.17, 15) is 14.4 Å². The summed E-state index contributed by atoms with van der Waals surface area (Å²) in [6.07, 6.45) is -1.40. The molecule has 1 rings (SSSR count). The third-order valence-electron chi connectivity index (χ3n) is 2.14. The maximum absolute atomic E-state index is 11.1. The van der Waals surface area contributed by atoms with Gasteiger partial charge in [0.2, 0.25) is 0 Å². The molecule has 0 aliphatic carbocycles. The van der Waals surface area contributed by atoms with E-state index in [1.807, 2.05) is 0 Å². The number of cyclic esters (lactones) is 2. The molecule has 0 bridgehead atoms. The van der Waals surface area contributed by atoms with Gasteiger partial charge in [-0.2, -0.15) is 0 Å². The first-order valence-corrected chi connectivity index (χ1v) is 4.51. The molecule has 0 aromatic heterocycles. The van der Waals surface area contributed by atoms with Gasteiger partial charge in [0.05, 0.1) is 27.1 Å². The zero-order valence-electron chi connectivity index (χ0n) is 8.98. The van der Waals surface area contributed by atoms with Crippen molar-refractivity contribution in [1.82, 2.24) is 0 Å². The smallest absolute Gasteiger partial charge is 0.469 e. The standard InChI is InChI=1S/C9H12O7/c1-13-6(10)3-9(4-7(11)14-2)5-15-8(12)16-9/h3-5H2,1-2H3. The van der Waals surface area contributed by atoms with Crippen molar-refractivity contribution in [1.29, 1.82) is 0 Å². The normalized spacial score (nSPS) is 17.2. The summed E-state index contributed by atoms with van der Waals surface area (Å²) >= 11 is 0. The van der Waals surface area contributed by atoms with Gasteiger partial charge in [-0.1, -0.05) is 0 Å². The van der Waals surface area contributed by atoms with Gasteiger partial charge in [-0.3, -0.25) is 9.59 Å². The Morgan fingerprint density at radius 3 is 2.06 bits per heavy atom. The molecule has 1 aliphatic rings. The van der Waals surface area contributed by atoms with Gasteiger partial charge >= 0.3 is 18.1 Å². The van der Waals surface area contributed by atoms with Crippen LogP contribution in [0.1, 0.15) is 12.8 Å². The maximum atomic E-state index is 11.1. The van der Waals surface area contributed by atoms with Gasteiger partial charge in [0.15, 0.2) is 5.60 Å². The summed E-state index contributed by atoms with van der Waals surface area (Å²) in [5.74, 6) is -1.19. The van der Waals surface area contributed by atoms with Crippen LogP contribution >= 0.6 is 0 Å². The summed E-state index contributed by atoms with van der Waals surface area (Å²) in [4.78, 5) is 33.1. The number of rotatable bonds is 4. The summed E-state index contributed by atoms with van der Waals surface area (Å²) in [5, 5.41) is 0. The summed E-state index contributed by atoms with van der Waals surface area (Å²) in [5.41, 5.74) is -1.31. The third-order valence-corrected chi connectivity index (χ3v) is 2.14. The Morgan fingerprint density at radius 2 is 1.75 bits per heavy atom. The van der Waals surface area contributed by atoms with Crippen LogP contribution in [-0.4, -0.2) is 44.5 Å². The molecule has 0 N–H and O–H groups in total. The average molecular weight is 232 g/mol. The van der Waals surface area contributed by atoms with E-state index in [1.54, 1.807) is 0 Å². The SMILES string of the molecule is COC(=O)CC1(CC(=O)OC)COC(=O)O1. The highest BCUT2D eigenvalue weighted by molar-refractivity contribution is 5.77. The molecule has 0 saturated carbocycles. The molecule has 90 valence electrons. The van der Waals surface area contributed by atoms with E-state index in [0.717, 1.165) is 0 Å². The Balaban J connectivity index is 2.73. The summed E-state index contributed by atoms with van der Waals surface area (Å²) < 4.78 is 18.3. The minimum Gasteiger partial charge on any atom is -0.469 e. The lowest BCUT2D eigenvalue weighted by Crippen LogP contribution is -2.38. The lowest BCUT2D eigenvalue weighted by Gasteiger charge is -2.21. The van der Waals surface area contributed by atoms with Gasteiger partial charge in [0, 0.05) is 0 Å². The molecule has 7 heteroatoms. The first-order chi connectivity index (χ1) is 7.51. The second-order valence-corrected chi connectivity index (χ2v) is 3.33. The second kappa shape index (κ2) is 4.82. The van der Waals surface area contributed by atoms with Gasteiger partial charge in [-0.05, 0) is 0 Å². The lowest BCUT2D eigenvalue weighted by atomic mass is 9.97. The van der Waals surface area contributed by atoms with E-state index in [1.165, 1.54) is 14.2 Å². The Labute approximate surface area is 91.6 Å². The fraction of sp³-hybridized carbons (Fsp3) is 0.667. The minimum absolute atomic E-state index is 0.171. The quantitative estimate of drug-likeness (QED) is 0.498. The molecular weight excluding hydrogens is 220 g/mol. The molecule has 7 nitrogen and oxygen atoms in total. The van der Waals surface area contributed by atoms with Crippen LogP contribution in [0.2, 0.25) is 0 Å². The number of hydrogen-bond donors (Lipinski definition) is 0. The Kier molecular flexibility index (Phi) is 3.70. The van der Waals surface area contributed by atoms with Crippen LogP contribution in [0, 0.1) is 0 Å². The summed E-state index contributed by atoms with van der Waals surface area (Å²) in [6, 6.07) is 0. The molecule has 1 aliphatic heterocycles. The van der Waals surface area contributed by atoms with Crippen molar-refractivity contribution in [3.63, 3.8) is 0 Å². The van der Waals surface area contributed by atoms with Crippen molar-refractivity contribution in [2.75, 3.05) is 20.8 Å². The fourth-order valence-corrected chi connectivity index (χ4v) is 1.33. The van der Waals surface area contributed by atoms with Crippen molar-refractivity contribution in [3.8, 4) is 0 Å². The second-order valence-electron chi connectivity index (χ2n) is 3.33. The summed E-state index contributed by atoms with van der Waals surface area (Å²) in [6.45, 7) is -0.171. The van der Waals surface area contributed by atoms with Crippen molar-refractivity contribution in [3.05, 3.63) is 0 Å². The Morgan fingerprint density at radius 1 is 1.25 bits per heavy atom. The number of ether oxygens (including phenoxy) is 4. The van der Waals surface area contributed by atoms with Gasteiger partial charge in [-0.25, -0.2) is 4.79 Å². The lowest BCUT2D eigenvalue weighted by molar-refractivity contribution is -0.150. The molecule has 1 fully saturated rings. The van der Waals surface area contributed by atoms with Crippen LogP contribution in [0.25, 0.3) is 0 Å². The highest BCUT2D eigenvalue weighted by Crippen LogP contribution is 2.28. The van der Waals surface area contributed by atoms with Gasteiger partial charge in [0.1, 0.15) is 6.61 Å². The number of carbonyl (C=O) groups is 3. The van der Waals surface area contributed by atoms with Gasteiger partial charge in [-0.15, -0.1) is 0 Å². The van der Waals surface area contributed by atoms with E-state index in [0.29, 0.717) is 0 Å². The first-order valence-electron chi connectivity index (χ1n) is 4.51. The predicted octanol–water partition coefficient (Wildman–Crippen LogP) is 0.0182. The molecule has 16 heavy (non-hydrogen) atoms. The van der Waals surface area contributed by atoms with Crippen molar-refractivity contribution >= 4 is 18.1 Å². The van der Waals surface area contributed by atoms with E-state index >= 15 is 0 Å². The maximum Gasteiger partial charge on any atom is 0.509 e. The molecule has 0 aromatic rings. The molecule has 0 spiro atoms. The molecule has 1 heterocycles. The van der Waals surface area contributed by atoms with Crippen molar-refractivity contribution < 1.29 is 33.3 Å². The zero-order valence-corrected chi connectivity index (χ0v) is 8.98. The topological polar surface area (TPSA) is 88.1 Å². The van der Waals surface area contributed by atoms with Crippen LogP contribution in [0.5, 0.6) is 0 Å². The molecule has 0 amide bonds. The predicted molar refractivity (Wildman–Crippen MR) is 48.4 cm³/mol. The van der Waals surface area contributed by atoms with Gasteiger partial charge in [0.25, 0.3) is 0 Å². The highest BCUT2D eigenvalue weighted by atomic mass is 16.8. The average Bonchev–Trinajstić information content (AvgIpc) is 2.59. The minimum atomic E-state index is -1.31. The fourth-order valence-electron chi connectivity index (χ4n) is 1.33. The van der Waals surface area contributed by atoms with Crippen LogP contribution < -0.4 is 0 Å². The van der Waals surface area contributed by atoms with E-state index in [4.69, 9.17) is 4.74 Å². The van der Waals surface area contributed by atoms with Crippen LogP contribution in [0.15, 0.2) is 0 Å². The molecule has 0 radical (unpaired) electrons. The van der Waals surface area contributed by atoms with Crippen LogP contribution in [0.3, 0.4) is 0 Å². The molecule has 0 atom stereocenters. The van der Waals surface area contributed by atoms with Crippen molar-refractivity contribution in [2.24, 2.45) is 0 Å². The van der Waals surface area contributed by atoms with E-state index < -0.39 is 23.7 Å². The number of esters is 2. The molecule has 0 aromatic carbocycles. The van der Waals surface area contributed by atoms with Crippen LogP contribution in [-0.2, 0) is 28.5 Å². The Bertz CT molecular complexity index is 291. The zero-order chi connectivity index (χ0) is 12.2. The molecular formula is C9H12O7. The molecule has 0 unspecified atom stereocenters. The number of methoxy groups -OCH3 is 2.